The van der Waals surface area contributed by atoms with Gasteiger partial charge in [-0.15, -0.1) is 0 Å². The number of anilines is 1. The van der Waals surface area contributed by atoms with E-state index in [-0.39, 0.29) is 24.0 Å². The Morgan fingerprint density at radius 2 is 2.25 bits per heavy atom. The molecule has 1 amide bonds. The topological polar surface area (TPSA) is 105 Å². The molecule has 0 aromatic carbocycles. The lowest BCUT2D eigenvalue weighted by Crippen LogP contribution is -2.47. The summed E-state index contributed by atoms with van der Waals surface area (Å²) in [7, 11) is 0. The van der Waals surface area contributed by atoms with E-state index >= 15 is 0 Å². The highest BCUT2D eigenvalue weighted by atomic mass is 16.2. The second kappa shape index (κ2) is 7.29. The third-order valence-electron chi connectivity index (χ3n) is 4.65. The van der Waals surface area contributed by atoms with Gasteiger partial charge in [-0.2, -0.15) is 10.5 Å². The van der Waals surface area contributed by atoms with Crippen molar-refractivity contribution in [2.24, 2.45) is 0 Å². The first-order chi connectivity index (χ1) is 11.7. The standard InChI is InChI=1S/C17H20N6O/c18-8-12-3-6-16(20-10-12)21-11-13-4-5-15(22-13)17(24)23-7-1-2-14(23)9-19/h3,6,10,13-15,22H,1-2,4-5,7,11H2,(H,20,21). The first-order valence-corrected chi connectivity index (χ1v) is 8.27. The molecule has 1 aromatic rings. The highest BCUT2D eigenvalue weighted by Crippen LogP contribution is 2.21. The zero-order chi connectivity index (χ0) is 16.9. The lowest BCUT2D eigenvalue weighted by Gasteiger charge is -2.24. The van der Waals surface area contributed by atoms with Crippen LogP contribution >= 0.6 is 0 Å². The maximum Gasteiger partial charge on any atom is 0.240 e. The number of nitrogens with zero attached hydrogens (tertiary/aromatic N) is 4. The van der Waals surface area contributed by atoms with Gasteiger partial charge >= 0.3 is 0 Å². The molecule has 3 atom stereocenters. The molecule has 2 aliphatic heterocycles. The minimum atomic E-state index is -0.265. The van der Waals surface area contributed by atoms with Crippen molar-refractivity contribution in [3.05, 3.63) is 23.9 Å². The molecular weight excluding hydrogens is 304 g/mol. The third-order valence-corrected chi connectivity index (χ3v) is 4.65. The molecule has 3 heterocycles. The van der Waals surface area contributed by atoms with Gasteiger partial charge in [-0.25, -0.2) is 4.98 Å². The summed E-state index contributed by atoms with van der Waals surface area (Å²) in [5.41, 5.74) is 0.530. The van der Waals surface area contributed by atoms with Gasteiger partial charge in [0.1, 0.15) is 17.9 Å². The summed E-state index contributed by atoms with van der Waals surface area (Å²) in [5.74, 6) is 0.771. The molecule has 0 saturated carbocycles. The number of aromatic nitrogens is 1. The summed E-state index contributed by atoms with van der Waals surface area (Å²) < 4.78 is 0. The predicted octanol–water partition coefficient (Wildman–Crippen LogP) is 1.00. The Bertz CT molecular complexity index is 674. The molecule has 7 nitrogen and oxygen atoms in total. The van der Waals surface area contributed by atoms with Crippen molar-refractivity contribution < 1.29 is 4.79 Å². The van der Waals surface area contributed by atoms with Gasteiger partial charge in [0, 0.05) is 25.3 Å². The maximum atomic E-state index is 12.6. The van der Waals surface area contributed by atoms with Crippen molar-refractivity contribution in [3.8, 4) is 12.1 Å². The number of carbonyl (C=O) groups excluding carboxylic acids is 1. The Morgan fingerprint density at radius 1 is 1.38 bits per heavy atom. The van der Waals surface area contributed by atoms with Crippen LogP contribution in [0.2, 0.25) is 0 Å². The Labute approximate surface area is 141 Å². The van der Waals surface area contributed by atoms with Crippen LogP contribution in [0, 0.1) is 22.7 Å². The van der Waals surface area contributed by atoms with Gasteiger partial charge in [-0.05, 0) is 37.8 Å². The van der Waals surface area contributed by atoms with Crippen LogP contribution in [0.1, 0.15) is 31.2 Å². The van der Waals surface area contributed by atoms with E-state index in [1.54, 1.807) is 17.0 Å². The van der Waals surface area contributed by atoms with E-state index in [0.29, 0.717) is 18.7 Å². The monoisotopic (exact) mass is 324 g/mol. The summed E-state index contributed by atoms with van der Waals surface area (Å²) in [4.78, 5) is 18.5. The van der Waals surface area contributed by atoms with Crippen LogP contribution in [0.25, 0.3) is 0 Å². The predicted molar refractivity (Wildman–Crippen MR) is 87.7 cm³/mol. The number of nitrogens with one attached hydrogen (secondary N) is 2. The Balaban J connectivity index is 1.49. The van der Waals surface area contributed by atoms with E-state index < -0.39 is 0 Å². The van der Waals surface area contributed by atoms with Gasteiger partial charge in [-0.3, -0.25) is 4.79 Å². The molecule has 0 aliphatic carbocycles. The number of nitriles is 2. The van der Waals surface area contributed by atoms with Crippen molar-refractivity contribution in [1.29, 1.82) is 10.5 Å². The molecule has 3 rings (SSSR count). The number of hydrogen-bond donors (Lipinski definition) is 2. The lowest BCUT2D eigenvalue weighted by molar-refractivity contribution is -0.133. The Hall–Kier alpha value is -2.64. The van der Waals surface area contributed by atoms with E-state index in [1.165, 1.54) is 6.20 Å². The molecule has 3 unspecified atom stereocenters. The highest BCUT2D eigenvalue weighted by molar-refractivity contribution is 5.83. The van der Waals surface area contributed by atoms with Gasteiger partial charge in [0.05, 0.1) is 17.7 Å². The molecule has 0 bridgehead atoms. The van der Waals surface area contributed by atoms with E-state index in [4.69, 9.17) is 10.5 Å². The number of pyridine rings is 1. The maximum absolute atomic E-state index is 12.6. The quantitative estimate of drug-likeness (QED) is 0.856. The first-order valence-electron chi connectivity index (χ1n) is 8.27. The third kappa shape index (κ3) is 3.47. The molecule has 2 aliphatic rings. The zero-order valence-electron chi connectivity index (χ0n) is 13.4. The van der Waals surface area contributed by atoms with Crippen LogP contribution in [0.4, 0.5) is 5.82 Å². The molecule has 0 radical (unpaired) electrons. The van der Waals surface area contributed by atoms with Gasteiger partial charge in [0.2, 0.25) is 5.91 Å². The largest absolute Gasteiger partial charge is 0.369 e. The molecular formula is C17H20N6O. The number of rotatable bonds is 4. The fourth-order valence-electron chi connectivity index (χ4n) is 3.33. The van der Waals surface area contributed by atoms with Crippen LogP contribution in [0.3, 0.4) is 0 Å². The van der Waals surface area contributed by atoms with E-state index in [9.17, 15) is 4.79 Å². The lowest BCUT2D eigenvalue weighted by atomic mass is 10.1. The van der Waals surface area contributed by atoms with E-state index in [2.05, 4.69) is 21.7 Å². The minimum Gasteiger partial charge on any atom is -0.369 e. The van der Waals surface area contributed by atoms with Crippen molar-refractivity contribution in [1.82, 2.24) is 15.2 Å². The van der Waals surface area contributed by atoms with Crippen molar-refractivity contribution in [2.45, 2.75) is 43.8 Å². The van der Waals surface area contributed by atoms with Crippen molar-refractivity contribution in [3.63, 3.8) is 0 Å². The van der Waals surface area contributed by atoms with E-state index in [1.807, 2.05) is 6.07 Å². The summed E-state index contributed by atoms with van der Waals surface area (Å²) in [6.45, 7) is 1.36. The first kappa shape index (κ1) is 16.2. The summed E-state index contributed by atoms with van der Waals surface area (Å²) >= 11 is 0. The Morgan fingerprint density at radius 3 is 2.96 bits per heavy atom. The van der Waals surface area contributed by atoms with Crippen molar-refractivity contribution in [2.75, 3.05) is 18.4 Å². The molecule has 0 spiro atoms. The number of amides is 1. The molecule has 1 aromatic heterocycles. The molecule has 124 valence electrons. The average molecular weight is 324 g/mol. The SMILES string of the molecule is N#Cc1ccc(NCC2CCC(C(=O)N3CCCC3C#N)N2)nc1. The molecule has 2 fully saturated rings. The average Bonchev–Trinajstić information content (AvgIpc) is 3.29. The fraction of sp³-hybridized carbons (Fsp3) is 0.529. The smallest absolute Gasteiger partial charge is 0.240 e. The van der Waals surface area contributed by atoms with Gasteiger partial charge in [-0.1, -0.05) is 0 Å². The van der Waals surface area contributed by atoms with Crippen LogP contribution in [-0.4, -0.2) is 47.0 Å². The van der Waals surface area contributed by atoms with Gasteiger partial charge < -0.3 is 15.5 Å². The molecule has 24 heavy (non-hydrogen) atoms. The fourth-order valence-corrected chi connectivity index (χ4v) is 3.33. The second-order valence-corrected chi connectivity index (χ2v) is 6.24. The van der Waals surface area contributed by atoms with Crippen molar-refractivity contribution >= 4 is 11.7 Å². The van der Waals surface area contributed by atoms with Crippen LogP contribution < -0.4 is 10.6 Å². The zero-order valence-corrected chi connectivity index (χ0v) is 13.4. The number of hydrogen-bond acceptors (Lipinski definition) is 6. The number of likely N-dealkylation sites (tertiary alicyclic amines) is 1. The minimum absolute atomic E-state index is 0.0537. The van der Waals surface area contributed by atoms with Gasteiger partial charge in [0.25, 0.3) is 0 Å². The second-order valence-electron chi connectivity index (χ2n) is 6.24. The molecule has 7 heteroatoms. The summed E-state index contributed by atoms with van der Waals surface area (Å²) in [6.07, 6.45) is 4.92. The molecule has 2 N–H and O–H groups in total. The Kier molecular flexibility index (Phi) is 4.93. The van der Waals surface area contributed by atoms with Crippen LogP contribution in [0.5, 0.6) is 0 Å². The highest BCUT2D eigenvalue weighted by Gasteiger charge is 2.36. The molecule has 2 saturated heterocycles. The summed E-state index contributed by atoms with van der Waals surface area (Å²) in [5, 5.41) is 24.5. The van der Waals surface area contributed by atoms with Gasteiger partial charge in [0.15, 0.2) is 0 Å². The summed E-state index contributed by atoms with van der Waals surface area (Å²) in [6, 6.07) is 7.49. The number of carbonyl (C=O) groups is 1. The van der Waals surface area contributed by atoms with E-state index in [0.717, 1.165) is 31.5 Å². The normalized spacial score (nSPS) is 25.9. The van der Waals surface area contributed by atoms with Crippen LogP contribution in [0.15, 0.2) is 18.3 Å². The van der Waals surface area contributed by atoms with Crippen LogP contribution in [-0.2, 0) is 4.79 Å².